The smallest absolute Gasteiger partial charge is 0.227 e. The molecular weight excluding hydrogens is 288 g/mol. The van der Waals surface area contributed by atoms with Crippen molar-refractivity contribution in [3.8, 4) is 0 Å². The molecule has 0 bridgehead atoms. The highest BCUT2D eigenvalue weighted by Crippen LogP contribution is 2.17. The van der Waals surface area contributed by atoms with Crippen LogP contribution < -0.4 is 10.6 Å². The molecule has 0 atom stereocenters. The molecule has 1 aromatic carbocycles. The molecule has 2 aromatic heterocycles. The Morgan fingerprint density at radius 1 is 1.22 bits per heavy atom. The maximum absolute atomic E-state index is 4.59. The summed E-state index contributed by atoms with van der Waals surface area (Å²) in [6.45, 7) is 2.64. The van der Waals surface area contributed by atoms with E-state index >= 15 is 0 Å². The lowest BCUT2D eigenvalue weighted by atomic mass is 10.1. The summed E-state index contributed by atoms with van der Waals surface area (Å²) in [5.41, 5.74) is 4.54. The van der Waals surface area contributed by atoms with Crippen LogP contribution in [-0.4, -0.2) is 26.1 Å². The summed E-state index contributed by atoms with van der Waals surface area (Å²) in [5, 5.41) is 6.61. The zero-order valence-corrected chi connectivity index (χ0v) is 12.7. The number of nitrogens with one attached hydrogen (secondary N) is 2. The fraction of sp³-hybridized carbons (Fsp3) is 0.235. The van der Waals surface area contributed by atoms with E-state index in [1.807, 2.05) is 35.4 Å². The number of hydrogen-bond donors (Lipinski definition) is 2. The Morgan fingerprint density at radius 2 is 2.13 bits per heavy atom. The van der Waals surface area contributed by atoms with Crippen molar-refractivity contribution < 1.29 is 0 Å². The number of nitrogens with zero attached hydrogens (tertiary/aromatic N) is 4. The van der Waals surface area contributed by atoms with Crippen LogP contribution in [0.2, 0.25) is 0 Å². The summed E-state index contributed by atoms with van der Waals surface area (Å²) < 4.78 is 2.04. The molecule has 0 saturated heterocycles. The Balaban J connectivity index is 1.46. The molecule has 0 aliphatic carbocycles. The Bertz CT molecular complexity index is 779. The average Bonchev–Trinajstić information content (AvgIpc) is 3.10. The number of aromatic nitrogens is 4. The molecular formula is C17H18N6. The second kappa shape index (κ2) is 6.18. The molecule has 3 aromatic rings. The zero-order chi connectivity index (χ0) is 15.5. The lowest BCUT2D eigenvalue weighted by Gasteiger charge is -2.16. The molecule has 0 spiro atoms. The highest BCUT2D eigenvalue weighted by molar-refractivity contribution is 5.54. The monoisotopic (exact) mass is 306 g/mol. The molecule has 4 rings (SSSR count). The van der Waals surface area contributed by atoms with Crippen LogP contribution in [-0.2, 0) is 19.5 Å². The highest BCUT2D eigenvalue weighted by Gasteiger charge is 2.11. The van der Waals surface area contributed by atoms with Crippen LogP contribution in [0.25, 0.3) is 0 Å². The van der Waals surface area contributed by atoms with Crippen molar-refractivity contribution in [2.75, 3.05) is 11.9 Å². The van der Waals surface area contributed by atoms with Crippen molar-refractivity contribution in [1.29, 1.82) is 0 Å². The van der Waals surface area contributed by atoms with Gasteiger partial charge in [-0.25, -0.2) is 15.0 Å². The molecule has 116 valence electrons. The van der Waals surface area contributed by atoms with Gasteiger partial charge in [-0.3, -0.25) is 0 Å². The number of hydrogen-bond acceptors (Lipinski definition) is 5. The van der Waals surface area contributed by atoms with Crippen LogP contribution in [0.15, 0.2) is 49.2 Å². The summed E-state index contributed by atoms with van der Waals surface area (Å²) in [6.07, 6.45) is 8.50. The van der Waals surface area contributed by atoms with Gasteiger partial charge in [-0.05, 0) is 36.2 Å². The molecule has 0 fully saturated rings. The summed E-state index contributed by atoms with van der Waals surface area (Å²) in [5.74, 6) is 0.648. The van der Waals surface area contributed by atoms with Crippen molar-refractivity contribution >= 4 is 11.6 Å². The summed E-state index contributed by atoms with van der Waals surface area (Å²) in [7, 11) is 0. The topological polar surface area (TPSA) is 67.7 Å². The number of rotatable bonds is 4. The second-order valence-electron chi connectivity index (χ2n) is 5.65. The van der Waals surface area contributed by atoms with Gasteiger partial charge in [0, 0.05) is 37.4 Å². The molecule has 3 heterocycles. The molecule has 0 amide bonds. The fourth-order valence-electron chi connectivity index (χ4n) is 2.71. The van der Waals surface area contributed by atoms with Gasteiger partial charge in [-0.2, -0.15) is 0 Å². The van der Waals surface area contributed by atoms with Gasteiger partial charge in [0.1, 0.15) is 0 Å². The predicted molar refractivity (Wildman–Crippen MR) is 88.5 cm³/mol. The van der Waals surface area contributed by atoms with E-state index in [1.165, 1.54) is 11.1 Å². The first-order chi connectivity index (χ1) is 11.4. The van der Waals surface area contributed by atoms with Crippen LogP contribution in [0.3, 0.4) is 0 Å². The Hall–Kier alpha value is -2.73. The van der Waals surface area contributed by atoms with Crippen molar-refractivity contribution in [3.63, 3.8) is 0 Å². The van der Waals surface area contributed by atoms with Gasteiger partial charge < -0.3 is 15.2 Å². The van der Waals surface area contributed by atoms with Crippen LogP contribution in [0.5, 0.6) is 0 Å². The molecule has 0 unspecified atom stereocenters. The molecule has 1 aliphatic heterocycles. The van der Waals surface area contributed by atoms with Gasteiger partial charge in [0.25, 0.3) is 0 Å². The number of fused-ring (bicyclic) bond motifs is 1. The van der Waals surface area contributed by atoms with E-state index in [2.05, 4.69) is 37.7 Å². The van der Waals surface area contributed by atoms with E-state index < -0.39 is 0 Å². The van der Waals surface area contributed by atoms with Crippen LogP contribution in [0.4, 0.5) is 11.6 Å². The molecule has 6 nitrogen and oxygen atoms in total. The Morgan fingerprint density at radius 3 is 2.96 bits per heavy atom. The maximum atomic E-state index is 4.59. The van der Waals surface area contributed by atoms with E-state index in [4.69, 9.17) is 0 Å². The molecule has 0 saturated carbocycles. The molecule has 23 heavy (non-hydrogen) atoms. The van der Waals surface area contributed by atoms with E-state index in [-0.39, 0.29) is 0 Å². The van der Waals surface area contributed by atoms with Crippen molar-refractivity contribution in [1.82, 2.24) is 24.8 Å². The van der Waals surface area contributed by atoms with E-state index in [9.17, 15) is 0 Å². The third-order valence-corrected chi connectivity index (χ3v) is 3.95. The van der Waals surface area contributed by atoms with E-state index in [0.29, 0.717) is 5.95 Å². The minimum absolute atomic E-state index is 0.648. The number of benzene rings is 1. The first-order valence-corrected chi connectivity index (χ1v) is 7.74. The molecule has 0 radical (unpaired) electrons. The quantitative estimate of drug-likeness (QED) is 0.773. The van der Waals surface area contributed by atoms with Crippen molar-refractivity contribution in [3.05, 3.63) is 66.0 Å². The molecule has 6 heteroatoms. The third-order valence-electron chi connectivity index (χ3n) is 3.95. The number of anilines is 2. The zero-order valence-electron chi connectivity index (χ0n) is 12.7. The number of imidazole rings is 1. The van der Waals surface area contributed by atoms with Gasteiger partial charge >= 0.3 is 0 Å². The predicted octanol–water partition coefficient (Wildman–Crippen LogP) is 2.11. The standard InChI is InChI=1S/C17H18N6/c1-3-15(4-2-13(1)11-23-8-7-19-12-23)21-17-20-9-14-5-6-18-10-16(14)22-17/h1-4,7-9,12,18H,5-6,10-11H2,(H,20,21,22). The van der Waals surface area contributed by atoms with E-state index in [1.54, 1.807) is 6.20 Å². The third kappa shape index (κ3) is 3.22. The van der Waals surface area contributed by atoms with Crippen molar-refractivity contribution in [2.24, 2.45) is 0 Å². The summed E-state index contributed by atoms with van der Waals surface area (Å²) in [4.78, 5) is 13.1. The average molecular weight is 306 g/mol. The van der Waals surface area contributed by atoms with Crippen molar-refractivity contribution in [2.45, 2.75) is 19.5 Å². The van der Waals surface area contributed by atoms with E-state index in [0.717, 1.165) is 37.4 Å². The first-order valence-electron chi connectivity index (χ1n) is 7.74. The lowest BCUT2D eigenvalue weighted by molar-refractivity contribution is 0.624. The maximum Gasteiger partial charge on any atom is 0.227 e. The van der Waals surface area contributed by atoms with Crippen LogP contribution in [0.1, 0.15) is 16.8 Å². The van der Waals surface area contributed by atoms with Gasteiger partial charge in [-0.15, -0.1) is 0 Å². The van der Waals surface area contributed by atoms with Gasteiger partial charge in [-0.1, -0.05) is 12.1 Å². The normalized spacial score (nSPS) is 13.6. The minimum Gasteiger partial charge on any atom is -0.333 e. The second-order valence-corrected chi connectivity index (χ2v) is 5.65. The summed E-state index contributed by atoms with van der Waals surface area (Å²) >= 11 is 0. The first kappa shape index (κ1) is 13.9. The van der Waals surface area contributed by atoms with Gasteiger partial charge in [0.2, 0.25) is 5.95 Å². The Labute approximate surface area is 134 Å². The van der Waals surface area contributed by atoms with Gasteiger partial charge in [0.15, 0.2) is 0 Å². The lowest BCUT2D eigenvalue weighted by Crippen LogP contribution is -2.25. The Kier molecular flexibility index (Phi) is 3.73. The summed E-state index contributed by atoms with van der Waals surface area (Å²) in [6, 6.07) is 8.30. The van der Waals surface area contributed by atoms with Crippen LogP contribution in [0, 0.1) is 0 Å². The van der Waals surface area contributed by atoms with Gasteiger partial charge in [0.05, 0.1) is 12.0 Å². The molecule has 2 N–H and O–H groups in total. The largest absolute Gasteiger partial charge is 0.333 e. The minimum atomic E-state index is 0.648. The highest BCUT2D eigenvalue weighted by atomic mass is 15.1. The molecule has 1 aliphatic rings. The van der Waals surface area contributed by atoms with Crippen LogP contribution >= 0.6 is 0 Å². The fourth-order valence-corrected chi connectivity index (χ4v) is 2.71. The SMILES string of the molecule is c1cn(Cc2ccc(Nc3ncc4c(n3)CNCC4)cc2)cn1.